The van der Waals surface area contributed by atoms with Gasteiger partial charge in [0.25, 0.3) is 0 Å². The van der Waals surface area contributed by atoms with Gasteiger partial charge in [0.15, 0.2) is 0 Å². The van der Waals surface area contributed by atoms with Crippen LogP contribution in [0.15, 0.2) is 55.0 Å². The minimum atomic E-state index is -0.738. The highest BCUT2D eigenvalue weighted by Gasteiger charge is 2.13. The van der Waals surface area contributed by atoms with Gasteiger partial charge in [-0.15, -0.1) is 0 Å². The first-order valence-electron chi connectivity index (χ1n) is 5.88. The van der Waals surface area contributed by atoms with Crippen molar-refractivity contribution in [1.82, 2.24) is 9.97 Å². The van der Waals surface area contributed by atoms with E-state index in [1.807, 2.05) is 24.3 Å². The molecule has 2 heterocycles. The summed E-state index contributed by atoms with van der Waals surface area (Å²) in [6, 6.07) is 11.2. The lowest BCUT2D eigenvalue weighted by molar-refractivity contribution is 0.221. The number of rotatable bonds is 2. The summed E-state index contributed by atoms with van der Waals surface area (Å²) in [6.07, 6.45) is 4.35. The summed E-state index contributed by atoms with van der Waals surface area (Å²) in [4.78, 5) is 8.11. The van der Waals surface area contributed by atoms with Gasteiger partial charge in [0.05, 0.1) is 0 Å². The molecule has 3 nitrogen and oxygen atoms in total. The summed E-state index contributed by atoms with van der Waals surface area (Å²) in [5.74, 6) is 0. The molecule has 0 radical (unpaired) electrons. The zero-order chi connectivity index (χ0) is 13.2. The second kappa shape index (κ2) is 4.96. The van der Waals surface area contributed by atoms with Gasteiger partial charge in [0.1, 0.15) is 11.3 Å². The zero-order valence-corrected chi connectivity index (χ0v) is 10.7. The van der Waals surface area contributed by atoms with E-state index in [0.717, 1.165) is 16.3 Å². The van der Waals surface area contributed by atoms with E-state index in [1.165, 1.54) is 0 Å². The van der Waals surface area contributed by atoms with Crippen LogP contribution in [0.2, 0.25) is 5.15 Å². The van der Waals surface area contributed by atoms with Gasteiger partial charge in [-0.2, -0.15) is 0 Å². The van der Waals surface area contributed by atoms with Crippen LogP contribution in [0.5, 0.6) is 0 Å². The number of hydrogen-bond donors (Lipinski definition) is 1. The predicted molar refractivity (Wildman–Crippen MR) is 75.1 cm³/mol. The molecule has 0 bridgehead atoms. The van der Waals surface area contributed by atoms with Crippen molar-refractivity contribution in [3.8, 4) is 0 Å². The van der Waals surface area contributed by atoms with Crippen molar-refractivity contribution in [3.63, 3.8) is 0 Å². The van der Waals surface area contributed by atoms with Crippen molar-refractivity contribution in [2.75, 3.05) is 0 Å². The van der Waals surface area contributed by atoms with Gasteiger partial charge < -0.3 is 5.11 Å². The summed E-state index contributed by atoms with van der Waals surface area (Å²) in [7, 11) is 0. The Balaban J connectivity index is 2.11. The molecule has 4 heteroatoms. The number of halogens is 1. The van der Waals surface area contributed by atoms with Crippen molar-refractivity contribution >= 4 is 22.4 Å². The number of nitrogens with zero attached hydrogens (tertiary/aromatic N) is 2. The number of benzene rings is 1. The van der Waals surface area contributed by atoms with Crippen LogP contribution in [-0.4, -0.2) is 15.1 Å². The highest BCUT2D eigenvalue weighted by atomic mass is 35.5. The molecule has 1 aromatic carbocycles. The molecular weight excluding hydrogens is 260 g/mol. The summed E-state index contributed by atoms with van der Waals surface area (Å²) in [5.41, 5.74) is 1.52. The standard InChI is InChI=1S/C15H11ClN2O/c16-14-5-4-11(8-18-14)15(19)12-3-1-2-10-6-7-17-9-13(10)12/h1-9,15,19H. The molecule has 1 N–H and O–H groups in total. The van der Waals surface area contributed by atoms with Crippen LogP contribution >= 0.6 is 11.6 Å². The molecule has 0 saturated heterocycles. The summed E-state index contributed by atoms with van der Waals surface area (Å²) in [5, 5.41) is 12.9. The van der Waals surface area contributed by atoms with Gasteiger partial charge in [0.2, 0.25) is 0 Å². The van der Waals surface area contributed by atoms with Gasteiger partial charge >= 0.3 is 0 Å². The molecule has 0 spiro atoms. The molecule has 0 aliphatic rings. The third-order valence-electron chi connectivity index (χ3n) is 3.08. The Morgan fingerprint density at radius 3 is 2.74 bits per heavy atom. The first kappa shape index (κ1) is 12.1. The van der Waals surface area contributed by atoms with Crippen LogP contribution in [0.1, 0.15) is 17.2 Å². The maximum atomic E-state index is 10.5. The monoisotopic (exact) mass is 270 g/mol. The zero-order valence-electron chi connectivity index (χ0n) is 9.99. The summed E-state index contributed by atoms with van der Waals surface area (Å²) < 4.78 is 0. The first-order chi connectivity index (χ1) is 9.25. The molecule has 0 saturated carbocycles. The number of aliphatic hydroxyl groups is 1. The van der Waals surface area contributed by atoms with E-state index < -0.39 is 6.10 Å². The number of fused-ring (bicyclic) bond motifs is 1. The molecule has 2 aromatic heterocycles. The lowest BCUT2D eigenvalue weighted by Gasteiger charge is -2.13. The van der Waals surface area contributed by atoms with Crippen molar-refractivity contribution in [2.45, 2.75) is 6.10 Å². The molecule has 94 valence electrons. The Morgan fingerprint density at radius 1 is 1.05 bits per heavy atom. The third kappa shape index (κ3) is 2.30. The average molecular weight is 271 g/mol. The lowest BCUT2D eigenvalue weighted by atomic mass is 9.98. The van der Waals surface area contributed by atoms with E-state index in [-0.39, 0.29) is 0 Å². The van der Waals surface area contributed by atoms with Crippen molar-refractivity contribution < 1.29 is 5.11 Å². The summed E-state index contributed by atoms with van der Waals surface area (Å²) >= 11 is 5.75. The second-order valence-corrected chi connectivity index (χ2v) is 4.65. The first-order valence-corrected chi connectivity index (χ1v) is 6.25. The maximum Gasteiger partial charge on any atom is 0.129 e. The van der Waals surface area contributed by atoms with Crippen molar-refractivity contribution in [1.29, 1.82) is 0 Å². The quantitative estimate of drug-likeness (QED) is 0.726. The van der Waals surface area contributed by atoms with E-state index in [9.17, 15) is 5.11 Å². The van der Waals surface area contributed by atoms with E-state index in [2.05, 4.69) is 9.97 Å². The predicted octanol–water partition coefficient (Wildman–Crippen LogP) is 3.36. The van der Waals surface area contributed by atoms with Gasteiger partial charge in [0, 0.05) is 29.5 Å². The van der Waals surface area contributed by atoms with E-state index in [1.54, 1.807) is 30.7 Å². The molecule has 0 amide bonds. The smallest absolute Gasteiger partial charge is 0.129 e. The molecular formula is C15H11ClN2O. The fraction of sp³-hybridized carbons (Fsp3) is 0.0667. The Labute approximate surface area is 115 Å². The number of aromatic nitrogens is 2. The lowest BCUT2D eigenvalue weighted by Crippen LogP contribution is -2.01. The SMILES string of the molecule is OC(c1ccc(Cl)nc1)c1cccc2ccncc12. The van der Waals surface area contributed by atoms with Gasteiger partial charge in [-0.05, 0) is 23.1 Å². The largest absolute Gasteiger partial charge is 0.384 e. The molecule has 3 rings (SSSR count). The summed E-state index contributed by atoms with van der Waals surface area (Å²) in [6.45, 7) is 0. The minimum Gasteiger partial charge on any atom is -0.384 e. The topological polar surface area (TPSA) is 46.0 Å². The van der Waals surface area contributed by atoms with E-state index in [0.29, 0.717) is 10.7 Å². The highest BCUT2D eigenvalue weighted by Crippen LogP contribution is 2.28. The third-order valence-corrected chi connectivity index (χ3v) is 3.30. The van der Waals surface area contributed by atoms with Crippen molar-refractivity contribution in [3.05, 3.63) is 71.3 Å². The average Bonchev–Trinajstić information content (AvgIpc) is 2.47. The van der Waals surface area contributed by atoms with Crippen LogP contribution in [0.4, 0.5) is 0 Å². The fourth-order valence-corrected chi connectivity index (χ4v) is 2.22. The minimum absolute atomic E-state index is 0.413. The molecule has 19 heavy (non-hydrogen) atoms. The number of pyridine rings is 2. The highest BCUT2D eigenvalue weighted by molar-refractivity contribution is 6.29. The Kier molecular flexibility index (Phi) is 3.15. The van der Waals surface area contributed by atoms with Gasteiger partial charge in [-0.1, -0.05) is 35.9 Å². The van der Waals surface area contributed by atoms with Crippen LogP contribution in [-0.2, 0) is 0 Å². The number of hydrogen-bond acceptors (Lipinski definition) is 3. The molecule has 3 aromatic rings. The Bertz CT molecular complexity index is 707. The van der Waals surface area contributed by atoms with Crippen LogP contribution in [0, 0.1) is 0 Å². The molecule has 0 fully saturated rings. The Morgan fingerprint density at radius 2 is 1.95 bits per heavy atom. The van der Waals surface area contributed by atoms with Crippen LogP contribution < -0.4 is 0 Å². The van der Waals surface area contributed by atoms with Crippen LogP contribution in [0.25, 0.3) is 10.8 Å². The molecule has 1 unspecified atom stereocenters. The van der Waals surface area contributed by atoms with Crippen LogP contribution in [0.3, 0.4) is 0 Å². The van der Waals surface area contributed by atoms with E-state index >= 15 is 0 Å². The normalized spacial score (nSPS) is 12.5. The number of aliphatic hydroxyl groups excluding tert-OH is 1. The maximum absolute atomic E-state index is 10.5. The van der Waals surface area contributed by atoms with E-state index in [4.69, 9.17) is 11.6 Å². The second-order valence-electron chi connectivity index (χ2n) is 4.26. The molecule has 0 aliphatic carbocycles. The van der Waals surface area contributed by atoms with Gasteiger partial charge in [-0.3, -0.25) is 4.98 Å². The fourth-order valence-electron chi connectivity index (χ4n) is 2.10. The van der Waals surface area contributed by atoms with Crippen molar-refractivity contribution in [2.24, 2.45) is 0 Å². The molecule has 0 aliphatic heterocycles. The van der Waals surface area contributed by atoms with Gasteiger partial charge in [-0.25, -0.2) is 4.98 Å². The Hall–Kier alpha value is -1.97. The molecule has 1 atom stereocenters.